The highest BCUT2D eigenvalue weighted by molar-refractivity contribution is 6.33. The molecule has 0 bridgehead atoms. The Morgan fingerprint density at radius 1 is 1.00 bits per heavy atom. The summed E-state index contributed by atoms with van der Waals surface area (Å²) >= 11 is 6.36. The average molecular weight is 409 g/mol. The second-order valence-corrected chi connectivity index (χ2v) is 6.66. The standard InChI is InChI=1S/C21H17ClN4O3/c1-29-19-11-18(26-8-4-5-9-26)16(22)10-14(19)20(27)24-25-21(28)15-12-23-17-7-3-2-6-13(15)17/h2-12,23H,1H3,(H,24,27)(H,25,28). The van der Waals surface area contributed by atoms with E-state index in [1.54, 1.807) is 12.3 Å². The van der Waals surface area contributed by atoms with Crippen molar-refractivity contribution in [2.75, 3.05) is 7.11 Å². The lowest BCUT2D eigenvalue weighted by Gasteiger charge is -2.14. The molecule has 0 fully saturated rings. The Labute approximate surface area is 171 Å². The number of hydrogen-bond acceptors (Lipinski definition) is 3. The number of hydrogen-bond donors (Lipinski definition) is 3. The molecule has 3 N–H and O–H groups in total. The van der Waals surface area contributed by atoms with Crippen LogP contribution in [0.25, 0.3) is 16.6 Å². The molecule has 0 atom stereocenters. The van der Waals surface area contributed by atoms with Crippen molar-refractivity contribution >= 4 is 34.3 Å². The van der Waals surface area contributed by atoms with E-state index in [2.05, 4.69) is 15.8 Å². The van der Waals surface area contributed by atoms with Gasteiger partial charge in [0.15, 0.2) is 0 Å². The Hall–Kier alpha value is -3.71. The largest absolute Gasteiger partial charge is 0.496 e. The Kier molecular flexibility index (Phi) is 4.97. The molecule has 29 heavy (non-hydrogen) atoms. The molecule has 8 heteroatoms. The lowest BCUT2D eigenvalue weighted by Crippen LogP contribution is -2.41. The van der Waals surface area contributed by atoms with Crippen molar-refractivity contribution < 1.29 is 14.3 Å². The van der Waals surface area contributed by atoms with E-state index in [0.717, 1.165) is 10.9 Å². The van der Waals surface area contributed by atoms with E-state index in [9.17, 15) is 9.59 Å². The van der Waals surface area contributed by atoms with Crippen LogP contribution in [-0.2, 0) is 0 Å². The molecule has 0 saturated heterocycles. The summed E-state index contributed by atoms with van der Waals surface area (Å²) in [5, 5.41) is 1.13. The molecule has 0 radical (unpaired) electrons. The number of methoxy groups -OCH3 is 1. The van der Waals surface area contributed by atoms with E-state index in [1.165, 1.54) is 13.2 Å². The fourth-order valence-electron chi connectivity index (χ4n) is 3.09. The molecule has 0 spiro atoms. The van der Waals surface area contributed by atoms with Gasteiger partial charge >= 0.3 is 0 Å². The van der Waals surface area contributed by atoms with Crippen LogP contribution in [0.1, 0.15) is 20.7 Å². The lowest BCUT2D eigenvalue weighted by atomic mass is 10.1. The van der Waals surface area contributed by atoms with E-state index in [-0.39, 0.29) is 5.56 Å². The number of ether oxygens (including phenoxy) is 1. The number of nitrogens with one attached hydrogen (secondary N) is 3. The monoisotopic (exact) mass is 408 g/mol. The fraction of sp³-hybridized carbons (Fsp3) is 0.0476. The van der Waals surface area contributed by atoms with Crippen LogP contribution >= 0.6 is 11.6 Å². The number of amides is 2. The molecule has 0 unspecified atom stereocenters. The molecule has 0 aliphatic carbocycles. The zero-order valence-corrected chi connectivity index (χ0v) is 16.2. The van der Waals surface area contributed by atoms with Crippen molar-refractivity contribution in [2.24, 2.45) is 0 Å². The molecule has 4 aromatic rings. The van der Waals surface area contributed by atoms with Crippen molar-refractivity contribution in [1.29, 1.82) is 0 Å². The maximum Gasteiger partial charge on any atom is 0.273 e. The third-order valence-corrected chi connectivity index (χ3v) is 4.82. The first-order chi connectivity index (χ1) is 14.1. The molecule has 2 heterocycles. The minimum absolute atomic E-state index is 0.202. The lowest BCUT2D eigenvalue weighted by molar-refractivity contribution is 0.0846. The molecule has 0 aliphatic rings. The molecular weight excluding hydrogens is 392 g/mol. The highest BCUT2D eigenvalue weighted by Gasteiger charge is 2.18. The molecule has 0 aliphatic heterocycles. The first kappa shape index (κ1) is 18.6. The normalized spacial score (nSPS) is 10.7. The Bertz CT molecular complexity index is 1200. The Morgan fingerprint density at radius 2 is 1.69 bits per heavy atom. The minimum Gasteiger partial charge on any atom is -0.496 e. The number of benzene rings is 2. The second-order valence-electron chi connectivity index (χ2n) is 6.25. The fourth-order valence-corrected chi connectivity index (χ4v) is 3.35. The van der Waals surface area contributed by atoms with Crippen molar-refractivity contribution in [3.8, 4) is 11.4 Å². The molecule has 2 aromatic heterocycles. The van der Waals surface area contributed by atoms with Gasteiger partial charge in [0.2, 0.25) is 0 Å². The summed E-state index contributed by atoms with van der Waals surface area (Å²) in [5.74, 6) is -0.655. The molecule has 4 rings (SSSR count). The number of hydrazine groups is 1. The van der Waals surface area contributed by atoms with Crippen molar-refractivity contribution in [3.05, 3.63) is 83.3 Å². The number of aromatic amines is 1. The molecular formula is C21H17ClN4O3. The van der Waals surface area contributed by atoms with Gasteiger partial charge in [-0.3, -0.25) is 20.4 Å². The van der Waals surface area contributed by atoms with E-state index in [1.807, 2.05) is 53.4 Å². The summed E-state index contributed by atoms with van der Waals surface area (Å²) < 4.78 is 7.16. The number of aromatic nitrogens is 2. The van der Waals surface area contributed by atoms with Crippen LogP contribution in [0.4, 0.5) is 0 Å². The summed E-state index contributed by atoms with van der Waals surface area (Å²) in [6.07, 6.45) is 5.26. The quantitative estimate of drug-likeness (QED) is 0.450. The third-order valence-electron chi connectivity index (χ3n) is 4.52. The van der Waals surface area contributed by atoms with Crippen LogP contribution in [0.5, 0.6) is 5.75 Å². The minimum atomic E-state index is -0.545. The number of halogens is 1. The zero-order chi connectivity index (χ0) is 20.4. The van der Waals surface area contributed by atoms with Crippen LogP contribution in [0.2, 0.25) is 5.02 Å². The van der Waals surface area contributed by atoms with E-state index in [0.29, 0.717) is 22.0 Å². The van der Waals surface area contributed by atoms with Crippen molar-refractivity contribution in [2.45, 2.75) is 0 Å². The topological polar surface area (TPSA) is 88.2 Å². The SMILES string of the molecule is COc1cc(-n2cccc2)c(Cl)cc1C(=O)NNC(=O)c1c[nH]c2ccccc12. The first-order valence-electron chi connectivity index (χ1n) is 8.76. The molecule has 146 valence electrons. The predicted molar refractivity (Wildman–Crippen MR) is 111 cm³/mol. The number of fused-ring (bicyclic) bond motifs is 1. The summed E-state index contributed by atoms with van der Waals surface area (Å²) in [6, 6.07) is 14.3. The predicted octanol–water partition coefficient (Wildman–Crippen LogP) is 3.70. The van der Waals surface area contributed by atoms with Gasteiger partial charge in [0.1, 0.15) is 5.75 Å². The van der Waals surface area contributed by atoms with E-state index >= 15 is 0 Å². The molecule has 2 amide bonds. The second kappa shape index (κ2) is 7.73. The molecule has 0 saturated carbocycles. The van der Waals surface area contributed by atoms with Gasteiger partial charge in [-0.05, 0) is 24.3 Å². The Morgan fingerprint density at radius 3 is 2.41 bits per heavy atom. The number of rotatable bonds is 4. The highest BCUT2D eigenvalue weighted by Crippen LogP contribution is 2.30. The zero-order valence-electron chi connectivity index (χ0n) is 15.4. The van der Waals surface area contributed by atoms with Gasteiger partial charge in [-0.25, -0.2) is 0 Å². The summed E-state index contributed by atoms with van der Waals surface area (Å²) in [5.41, 5.74) is 6.97. The van der Waals surface area contributed by atoms with Crippen LogP contribution in [0.3, 0.4) is 0 Å². The Balaban J connectivity index is 1.54. The van der Waals surface area contributed by atoms with Gasteiger partial charge in [-0.15, -0.1) is 0 Å². The van der Waals surface area contributed by atoms with Gasteiger partial charge in [-0.1, -0.05) is 29.8 Å². The van der Waals surface area contributed by atoms with Gasteiger partial charge in [0.25, 0.3) is 11.8 Å². The number of nitrogens with zero attached hydrogens (tertiary/aromatic N) is 1. The smallest absolute Gasteiger partial charge is 0.273 e. The molecule has 7 nitrogen and oxygen atoms in total. The summed E-state index contributed by atoms with van der Waals surface area (Å²) in [4.78, 5) is 28.1. The maximum absolute atomic E-state index is 12.6. The highest BCUT2D eigenvalue weighted by atomic mass is 35.5. The van der Waals surface area contributed by atoms with Gasteiger partial charge in [0.05, 0.1) is 28.9 Å². The van der Waals surface area contributed by atoms with Gasteiger partial charge in [0, 0.05) is 35.6 Å². The average Bonchev–Trinajstić information content (AvgIpc) is 3.41. The van der Waals surface area contributed by atoms with Crippen LogP contribution in [-0.4, -0.2) is 28.5 Å². The molecule has 2 aromatic carbocycles. The van der Waals surface area contributed by atoms with Crippen LogP contribution in [0, 0.1) is 0 Å². The number of H-pyrrole nitrogens is 1. The number of carbonyl (C=O) groups is 2. The number of para-hydroxylation sites is 1. The third kappa shape index (κ3) is 3.55. The van der Waals surface area contributed by atoms with Gasteiger partial charge in [-0.2, -0.15) is 0 Å². The van der Waals surface area contributed by atoms with Gasteiger partial charge < -0.3 is 14.3 Å². The van der Waals surface area contributed by atoms with E-state index < -0.39 is 11.8 Å². The summed E-state index contributed by atoms with van der Waals surface area (Å²) in [6.45, 7) is 0. The van der Waals surface area contributed by atoms with Crippen molar-refractivity contribution in [3.63, 3.8) is 0 Å². The maximum atomic E-state index is 12.6. The van der Waals surface area contributed by atoms with Crippen LogP contribution < -0.4 is 15.6 Å². The van der Waals surface area contributed by atoms with Crippen LogP contribution in [0.15, 0.2) is 67.1 Å². The summed E-state index contributed by atoms with van der Waals surface area (Å²) in [7, 11) is 1.46. The first-order valence-corrected chi connectivity index (χ1v) is 9.14. The van der Waals surface area contributed by atoms with E-state index in [4.69, 9.17) is 16.3 Å². The number of carbonyl (C=O) groups excluding carboxylic acids is 2. The van der Waals surface area contributed by atoms with Crippen molar-refractivity contribution in [1.82, 2.24) is 20.4 Å².